The van der Waals surface area contributed by atoms with Crippen LogP contribution in [0.1, 0.15) is 11.4 Å². The van der Waals surface area contributed by atoms with Gasteiger partial charge in [-0.2, -0.15) is 10.5 Å². The molecule has 3 aromatic rings. The van der Waals surface area contributed by atoms with Gasteiger partial charge in [0.1, 0.15) is 12.1 Å². The molecule has 0 amide bonds. The zero-order valence-electron chi connectivity index (χ0n) is 10.9. The molecule has 1 aliphatic carbocycles. The molecule has 0 radical (unpaired) electrons. The molecule has 0 aliphatic heterocycles. The van der Waals surface area contributed by atoms with Gasteiger partial charge in [-0.3, -0.25) is 0 Å². The Morgan fingerprint density at radius 1 is 0.909 bits per heavy atom. The SMILES string of the molecule is N#Cc1nc2c(nc1C#N)-c1cc(Br)c(Br)c3cccc-2c13. The molecule has 0 bridgehead atoms. The summed E-state index contributed by atoms with van der Waals surface area (Å²) in [6.45, 7) is 0. The lowest BCUT2D eigenvalue weighted by molar-refractivity contribution is 1.15. The minimum Gasteiger partial charge on any atom is -0.232 e. The summed E-state index contributed by atoms with van der Waals surface area (Å²) in [4.78, 5) is 8.74. The lowest BCUT2D eigenvalue weighted by Crippen LogP contribution is -1.97. The molecule has 4 rings (SSSR count). The number of hydrogen-bond donors (Lipinski definition) is 0. The number of halogens is 2. The van der Waals surface area contributed by atoms with Crippen LogP contribution in [0, 0.1) is 22.7 Å². The first kappa shape index (κ1) is 13.4. The summed E-state index contributed by atoms with van der Waals surface area (Å²) in [6, 6.07) is 11.8. The van der Waals surface area contributed by atoms with Crippen LogP contribution < -0.4 is 0 Å². The number of hydrogen-bond acceptors (Lipinski definition) is 4. The Hall–Kier alpha value is -2.28. The monoisotopic (exact) mass is 410 g/mol. The molecule has 1 aromatic heterocycles. The number of fused-ring (bicyclic) bond motifs is 3. The molecule has 0 atom stereocenters. The maximum atomic E-state index is 9.17. The van der Waals surface area contributed by atoms with E-state index in [4.69, 9.17) is 5.26 Å². The van der Waals surface area contributed by atoms with Crippen LogP contribution in [0.2, 0.25) is 0 Å². The van der Waals surface area contributed by atoms with Gasteiger partial charge in [-0.1, -0.05) is 18.2 Å². The normalized spacial score (nSPS) is 11.1. The summed E-state index contributed by atoms with van der Waals surface area (Å²) in [7, 11) is 0. The predicted octanol–water partition coefficient (Wildman–Crippen LogP) is 4.55. The fourth-order valence-electron chi connectivity index (χ4n) is 2.77. The summed E-state index contributed by atoms with van der Waals surface area (Å²) in [6.07, 6.45) is 0. The minimum atomic E-state index is 0.0567. The molecular weight excluding hydrogens is 408 g/mol. The molecule has 4 nitrogen and oxygen atoms in total. The van der Waals surface area contributed by atoms with Crippen molar-refractivity contribution in [1.82, 2.24) is 9.97 Å². The molecule has 0 fully saturated rings. The highest BCUT2D eigenvalue weighted by Crippen LogP contribution is 2.49. The van der Waals surface area contributed by atoms with Crippen molar-refractivity contribution in [1.29, 1.82) is 10.5 Å². The van der Waals surface area contributed by atoms with Crippen molar-refractivity contribution < 1.29 is 0 Å². The fourth-order valence-corrected chi connectivity index (χ4v) is 3.65. The first-order valence-electron chi connectivity index (χ1n) is 6.29. The Kier molecular flexibility index (Phi) is 2.80. The van der Waals surface area contributed by atoms with E-state index in [0.717, 1.165) is 30.8 Å². The van der Waals surface area contributed by atoms with Crippen LogP contribution in [0.25, 0.3) is 33.3 Å². The lowest BCUT2D eigenvalue weighted by Gasteiger charge is -2.06. The highest BCUT2D eigenvalue weighted by molar-refractivity contribution is 9.13. The second-order valence-electron chi connectivity index (χ2n) is 4.79. The average molecular weight is 412 g/mol. The standard InChI is InChI=1S/C16H4Br2N4/c17-10-4-9-13-7(14(10)18)2-1-3-8(13)15-16(9)22-12(6-20)11(5-19)21-15/h1-4H. The van der Waals surface area contributed by atoms with Crippen molar-refractivity contribution in [3.8, 4) is 34.7 Å². The van der Waals surface area contributed by atoms with E-state index in [1.807, 2.05) is 36.4 Å². The van der Waals surface area contributed by atoms with Gasteiger partial charge in [-0.25, -0.2) is 9.97 Å². The predicted molar refractivity (Wildman–Crippen MR) is 88.8 cm³/mol. The molecule has 6 heteroatoms. The molecule has 0 spiro atoms. The Morgan fingerprint density at radius 2 is 1.55 bits per heavy atom. The highest BCUT2D eigenvalue weighted by atomic mass is 79.9. The third kappa shape index (κ3) is 1.60. The van der Waals surface area contributed by atoms with Crippen LogP contribution in [-0.4, -0.2) is 9.97 Å². The van der Waals surface area contributed by atoms with E-state index < -0.39 is 0 Å². The van der Waals surface area contributed by atoms with Crippen molar-refractivity contribution in [2.75, 3.05) is 0 Å². The Morgan fingerprint density at radius 3 is 2.18 bits per heavy atom. The van der Waals surface area contributed by atoms with E-state index in [9.17, 15) is 5.26 Å². The van der Waals surface area contributed by atoms with E-state index >= 15 is 0 Å². The first-order chi connectivity index (χ1) is 10.7. The largest absolute Gasteiger partial charge is 0.232 e. The quantitative estimate of drug-likeness (QED) is 0.425. The molecule has 22 heavy (non-hydrogen) atoms. The van der Waals surface area contributed by atoms with Gasteiger partial charge in [0.15, 0.2) is 11.4 Å². The van der Waals surface area contributed by atoms with Crippen LogP contribution in [0.4, 0.5) is 0 Å². The summed E-state index contributed by atoms with van der Waals surface area (Å²) < 4.78 is 1.87. The van der Waals surface area contributed by atoms with Crippen molar-refractivity contribution in [3.05, 3.63) is 44.6 Å². The van der Waals surface area contributed by atoms with Crippen molar-refractivity contribution in [2.24, 2.45) is 0 Å². The van der Waals surface area contributed by atoms with Gasteiger partial charge in [0.05, 0.1) is 11.4 Å². The molecule has 2 aromatic carbocycles. The van der Waals surface area contributed by atoms with Crippen LogP contribution in [0.5, 0.6) is 0 Å². The Labute approximate surface area is 142 Å². The van der Waals surface area contributed by atoms with E-state index in [0.29, 0.717) is 11.4 Å². The van der Waals surface area contributed by atoms with Crippen LogP contribution >= 0.6 is 31.9 Å². The molecule has 102 valence electrons. The van der Waals surface area contributed by atoms with Gasteiger partial charge in [0.2, 0.25) is 0 Å². The molecule has 0 saturated carbocycles. The average Bonchev–Trinajstić information content (AvgIpc) is 2.85. The molecule has 0 unspecified atom stereocenters. The van der Waals surface area contributed by atoms with Crippen molar-refractivity contribution in [3.63, 3.8) is 0 Å². The first-order valence-corrected chi connectivity index (χ1v) is 7.88. The Balaban J connectivity index is 2.22. The lowest BCUT2D eigenvalue weighted by atomic mass is 10.0. The van der Waals surface area contributed by atoms with Crippen molar-refractivity contribution in [2.45, 2.75) is 0 Å². The maximum absolute atomic E-state index is 9.17. The number of aromatic nitrogens is 2. The van der Waals surface area contributed by atoms with E-state index in [1.165, 1.54) is 0 Å². The maximum Gasteiger partial charge on any atom is 0.177 e. The summed E-state index contributed by atoms with van der Waals surface area (Å²) >= 11 is 7.12. The second kappa shape index (κ2) is 4.61. The molecule has 1 aliphatic rings. The minimum absolute atomic E-state index is 0.0567. The summed E-state index contributed by atoms with van der Waals surface area (Å²) in [5.74, 6) is 0. The van der Waals surface area contributed by atoms with Gasteiger partial charge in [-0.05, 0) is 43.3 Å². The highest BCUT2D eigenvalue weighted by Gasteiger charge is 2.27. The smallest absolute Gasteiger partial charge is 0.177 e. The van der Waals surface area contributed by atoms with Gasteiger partial charge >= 0.3 is 0 Å². The number of nitrogens with zero attached hydrogens (tertiary/aromatic N) is 4. The summed E-state index contributed by atoms with van der Waals surface area (Å²) in [5.41, 5.74) is 3.27. The zero-order chi connectivity index (χ0) is 15.4. The number of nitriles is 2. The summed E-state index contributed by atoms with van der Waals surface area (Å²) in [5, 5.41) is 20.4. The van der Waals surface area contributed by atoms with E-state index in [-0.39, 0.29) is 11.4 Å². The van der Waals surface area contributed by atoms with Crippen LogP contribution in [-0.2, 0) is 0 Å². The number of rotatable bonds is 0. The van der Waals surface area contributed by atoms with Crippen molar-refractivity contribution >= 4 is 42.6 Å². The van der Waals surface area contributed by atoms with Gasteiger partial charge in [0.25, 0.3) is 0 Å². The molecular formula is C16H4Br2N4. The molecule has 1 heterocycles. The zero-order valence-corrected chi connectivity index (χ0v) is 14.0. The van der Waals surface area contributed by atoms with Gasteiger partial charge < -0.3 is 0 Å². The van der Waals surface area contributed by atoms with Crippen LogP contribution in [0.3, 0.4) is 0 Å². The van der Waals surface area contributed by atoms with Gasteiger partial charge in [0, 0.05) is 25.5 Å². The molecule has 0 N–H and O–H groups in total. The van der Waals surface area contributed by atoms with Gasteiger partial charge in [-0.15, -0.1) is 0 Å². The fraction of sp³-hybridized carbons (Fsp3) is 0. The third-order valence-corrected chi connectivity index (χ3v) is 5.68. The topological polar surface area (TPSA) is 73.4 Å². The second-order valence-corrected chi connectivity index (χ2v) is 6.44. The van der Waals surface area contributed by atoms with E-state index in [2.05, 4.69) is 41.8 Å². The Bertz CT molecular complexity index is 1070. The van der Waals surface area contributed by atoms with E-state index in [1.54, 1.807) is 0 Å². The number of benzene rings is 2. The van der Waals surface area contributed by atoms with Crippen LogP contribution in [0.15, 0.2) is 33.2 Å². The molecule has 0 saturated heterocycles. The third-order valence-electron chi connectivity index (χ3n) is 3.67.